The standard InChI is InChI=1S/C59H64F5N7O5Si/c1-38-31-47(69(33-40-19-23-43(72-6)24-20-40)34-41-21-25-44(73-7)26-22-41)65-52(49(38)59(62,63)64)53-50(61)51-48-54(68-56(67-51)75-37-58-27-14-28-70(58)35-42(60)32-58)71(39(2)36-74-55(48)66-53)29-30-76-77(57(3,4)5,45-15-10-8-11-16-45)46-17-12-9-13-18-46/h8-13,15-26,31,39,42H,14,27-30,32-37H2,1-7H3/t39-,42+,58-/m0/s1. The van der Waals surface area contributed by atoms with E-state index in [0.29, 0.717) is 24.5 Å². The van der Waals surface area contributed by atoms with Crippen molar-refractivity contribution >= 4 is 41.2 Å². The maximum Gasteiger partial charge on any atom is 0.418 e. The number of aromatic nitrogens is 4. The van der Waals surface area contributed by atoms with Crippen LogP contribution < -0.4 is 39.1 Å². The van der Waals surface area contributed by atoms with Gasteiger partial charge in [0.25, 0.3) is 8.32 Å². The largest absolute Gasteiger partial charge is 0.497 e. The Balaban J connectivity index is 1.11. The predicted octanol–water partition coefficient (Wildman–Crippen LogP) is 10.9. The smallest absolute Gasteiger partial charge is 0.418 e. The van der Waals surface area contributed by atoms with Crippen molar-refractivity contribution in [1.82, 2.24) is 24.8 Å². The van der Waals surface area contributed by atoms with E-state index in [1.807, 2.05) is 77.4 Å². The van der Waals surface area contributed by atoms with Crippen LogP contribution >= 0.6 is 0 Å². The Morgan fingerprint density at radius 1 is 0.805 bits per heavy atom. The molecule has 0 amide bonds. The van der Waals surface area contributed by atoms with E-state index in [0.717, 1.165) is 27.9 Å². The van der Waals surface area contributed by atoms with Gasteiger partial charge in [-0.1, -0.05) is 106 Å². The van der Waals surface area contributed by atoms with Gasteiger partial charge in [-0.05, 0) is 95.7 Å². The van der Waals surface area contributed by atoms with E-state index in [1.54, 1.807) is 38.5 Å². The van der Waals surface area contributed by atoms with Crippen molar-refractivity contribution in [3.8, 4) is 34.8 Å². The highest BCUT2D eigenvalue weighted by atomic mass is 28.4. The highest BCUT2D eigenvalue weighted by molar-refractivity contribution is 6.99. The number of nitrogens with zero attached hydrogens (tertiary/aromatic N) is 7. The lowest BCUT2D eigenvalue weighted by Crippen LogP contribution is -2.67. The summed E-state index contributed by atoms with van der Waals surface area (Å²) in [5, 5.41) is 1.90. The van der Waals surface area contributed by atoms with Gasteiger partial charge >= 0.3 is 12.2 Å². The number of rotatable bonds is 17. The Labute approximate surface area is 447 Å². The molecule has 3 aromatic heterocycles. The summed E-state index contributed by atoms with van der Waals surface area (Å²) in [6.07, 6.45) is -4.25. The molecule has 7 aromatic rings. The van der Waals surface area contributed by atoms with Gasteiger partial charge in [0, 0.05) is 32.6 Å². The Kier molecular flexibility index (Phi) is 14.9. The normalized spacial score (nSPS) is 18.7. The molecule has 2 fully saturated rings. The van der Waals surface area contributed by atoms with Gasteiger partial charge < -0.3 is 33.2 Å². The third-order valence-electron chi connectivity index (χ3n) is 15.4. The van der Waals surface area contributed by atoms with Crippen LogP contribution in [0.2, 0.25) is 5.04 Å². The van der Waals surface area contributed by atoms with E-state index >= 15 is 22.0 Å². The number of hydrogen-bond donors (Lipinski definition) is 0. The maximum atomic E-state index is 18.2. The molecular formula is C59H64F5N7O5Si. The summed E-state index contributed by atoms with van der Waals surface area (Å²) in [7, 11) is 0.0859. The molecule has 4 aromatic carbocycles. The summed E-state index contributed by atoms with van der Waals surface area (Å²) in [5.74, 6) is 0.286. The van der Waals surface area contributed by atoms with Crippen LogP contribution in [-0.4, -0.2) is 105 Å². The summed E-state index contributed by atoms with van der Waals surface area (Å²) in [5.41, 5.74) is -2.15. The Morgan fingerprint density at radius 2 is 1.42 bits per heavy atom. The zero-order valence-corrected chi connectivity index (χ0v) is 45.5. The van der Waals surface area contributed by atoms with Crippen molar-refractivity contribution in [1.29, 1.82) is 0 Å². The maximum absolute atomic E-state index is 18.2. The summed E-state index contributed by atoms with van der Waals surface area (Å²) in [4.78, 5) is 24.9. The Morgan fingerprint density at radius 3 is 1.99 bits per heavy atom. The molecule has 404 valence electrons. The first-order chi connectivity index (χ1) is 36.9. The molecule has 18 heteroatoms. The lowest BCUT2D eigenvalue weighted by molar-refractivity contribution is -0.137. The lowest BCUT2D eigenvalue weighted by atomic mass is 9.95. The van der Waals surface area contributed by atoms with Gasteiger partial charge in [-0.3, -0.25) is 4.90 Å². The first-order valence-corrected chi connectivity index (χ1v) is 28.0. The number of halogens is 5. The fraction of sp³-hybridized carbons (Fsp3) is 0.390. The third kappa shape index (κ3) is 10.5. The van der Waals surface area contributed by atoms with Crippen molar-refractivity contribution in [3.05, 3.63) is 143 Å². The van der Waals surface area contributed by atoms with Gasteiger partial charge in [0.05, 0.1) is 38.0 Å². The van der Waals surface area contributed by atoms with Crippen molar-refractivity contribution in [2.24, 2.45) is 0 Å². The monoisotopic (exact) mass is 1070 g/mol. The first kappa shape index (κ1) is 53.5. The van der Waals surface area contributed by atoms with E-state index in [9.17, 15) is 0 Å². The third-order valence-corrected chi connectivity index (χ3v) is 20.4. The minimum Gasteiger partial charge on any atom is -0.497 e. The summed E-state index contributed by atoms with van der Waals surface area (Å²) in [6, 6.07) is 35.8. The number of ether oxygens (including phenoxy) is 4. The van der Waals surface area contributed by atoms with Crippen LogP contribution in [0.15, 0.2) is 115 Å². The number of benzene rings is 4. The van der Waals surface area contributed by atoms with Gasteiger partial charge in [-0.15, -0.1) is 0 Å². The van der Waals surface area contributed by atoms with Crippen LogP contribution in [0.5, 0.6) is 23.4 Å². The van der Waals surface area contributed by atoms with Gasteiger partial charge in [-0.2, -0.15) is 23.1 Å². The number of pyridine rings is 2. The Hall–Kier alpha value is -6.89. The molecule has 3 atom stereocenters. The second-order valence-corrected chi connectivity index (χ2v) is 25.7. The minimum absolute atomic E-state index is 0.00891. The molecule has 12 nitrogen and oxygen atoms in total. The SMILES string of the molecule is COc1ccc(CN(Cc2ccc(OC)cc2)c2cc(C)c(C(F)(F)F)c(-c3nc4c5c(nc(OC[C@@]67CCCN6C[C@H](F)C7)nc5c3F)N(CCO[Si](c3ccccc3)(c3ccccc3)C(C)(C)C)[C@@H](C)CO4)n2)cc1. The molecule has 3 aliphatic rings. The number of methoxy groups -OCH3 is 2. The molecule has 0 radical (unpaired) electrons. The van der Waals surface area contributed by atoms with Crippen molar-refractivity contribution in [3.63, 3.8) is 0 Å². The highest BCUT2D eigenvalue weighted by Crippen LogP contribution is 2.46. The van der Waals surface area contributed by atoms with Crippen molar-refractivity contribution < 1.29 is 45.3 Å². The predicted molar refractivity (Wildman–Crippen MR) is 291 cm³/mol. The molecule has 0 unspecified atom stereocenters. The van der Waals surface area contributed by atoms with Crippen LogP contribution in [0.4, 0.5) is 33.6 Å². The van der Waals surface area contributed by atoms with Gasteiger partial charge in [0.2, 0.25) is 5.88 Å². The number of aryl methyl sites for hydroxylation is 1. The van der Waals surface area contributed by atoms with Crippen LogP contribution in [0.3, 0.4) is 0 Å². The molecule has 2 saturated heterocycles. The van der Waals surface area contributed by atoms with E-state index in [1.165, 1.54) is 13.0 Å². The quantitative estimate of drug-likeness (QED) is 0.0640. The molecule has 0 saturated carbocycles. The lowest BCUT2D eigenvalue weighted by Gasteiger charge is -2.43. The fourth-order valence-electron chi connectivity index (χ4n) is 11.6. The second kappa shape index (κ2) is 21.5. The molecule has 10 rings (SSSR count). The topological polar surface area (TPSA) is 107 Å². The highest BCUT2D eigenvalue weighted by Gasteiger charge is 2.51. The van der Waals surface area contributed by atoms with Gasteiger partial charge in [0.1, 0.15) is 64.8 Å². The first-order valence-electron chi connectivity index (χ1n) is 26.1. The average molecular weight is 1070 g/mol. The van der Waals surface area contributed by atoms with Crippen LogP contribution in [0, 0.1) is 12.7 Å². The van der Waals surface area contributed by atoms with Crippen LogP contribution in [-0.2, 0) is 23.7 Å². The number of alkyl halides is 4. The summed E-state index contributed by atoms with van der Waals surface area (Å²) < 4.78 is 111. The second-order valence-electron chi connectivity index (χ2n) is 21.4. The van der Waals surface area contributed by atoms with Crippen molar-refractivity contribution in [2.75, 3.05) is 63.5 Å². The van der Waals surface area contributed by atoms with E-state index in [-0.39, 0.29) is 97.5 Å². The molecule has 3 aliphatic heterocycles. The molecule has 6 heterocycles. The molecule has 77 heavy (non-hydrogen) atoms. The minimum atomic E-state index is -5.00. The molecule has 0 bridgehead atoms. The average Bonchev–Trinajstić information content (AvgIpc) is 3.91. The zero-order valence-electron chi connectivity index (χ0n) is 44.5. The number of hydrogen-bond acceptors (Lipinski definition) is 12. The Bertz CT molecular complexity index is 3120. The number of anilines is 2. The van der Waals surface area contributed by atoms with E-state index in [2.05, 4.69) is 59.9 Å². The zero-order chi connectivity index (χ0) is 54.3. The molecular weight excluding hydrogens is 1010 g/mol. The molecule has 0 spiro atoms. The van der Waals surface area contributed by atoms with E-state index < -0.39 is 55.0 Å². The van der Waals surface area contributed by atoms with Crippen LogP contribution in [0.1, 0.15) is 69.2 Å². The van der Waals surface area contributed by atoms with E-state index in [4.69, 9.17) is 33.3 Å². The molecule has 0 N–H and O–H groups in total. The summed E-state index contributed by atoms with van der Waals surface area (Å²) in [6.45, 7) is 11.7. The van der Waals surface area contributed by atoms with Gasteiger partial charge in [-0.25, -0.2) is 18.7 Å². The van der Waals surface area contributed by atoms with Crippen molar-refractivity contribution in [2.45, 2.75) is 95.9 Å². The summed E-state index contributed by atoms with van der Waals surface area (Å²) >= 11 is 0. The van der Waals surface area contributed by atoms with Crippen LogP contribution in [0.25, 0.3) is 22.3 Å². The molecule has 0 aliphatic carbocycles. The fourth-order valence-corrected chi connectivity index (χ4v) is 16.2. The van der Waals surface area contributed by atoms with Gasteiger partial charge in [0.15, 0.2) is 5.82 Å². The number of fused-ring (bicyclic) bond motifs is 1.